The highest BCUT2D eigenvalue weighted by molar-refractivity contribution is 5.77. The van der Waals surface area contributed by atoms with Crippen molar-refractivity contribution < 1.29 is 4.79 Å². The topological polar surface area (TPSA) is 29.1 Å². The fraction of sp³-hybridized carbons (Fsp3) is 0.444. The molecule has 1 aliphatic heterocycles. The number of rotatable bonds is 2. The molecule has 0 aromatic heterocycles. The average molecular weight is 151 g/mol. The summed E-state index contributed by atoms with van der Waals surface area (Å²) in [5.74, 6) is 0.129. The molecular weight excluding hydrogens is 138 g/mol. The second-order valence-corrected chi connectivity index (χ2v) is 2.79. The van der Waals surface area contributed by atoms with Crippen LogP contribution in [0.5, 0.6) is 0 Å². The normalized spacial score (nSPS) is 24.0. The number of piperidine rings is 1. The number of hydrogen-bond acceptors (Lipinski definition) is 1. The maximum Gasteiger partial charge on any atom is 0.220 e. The molecule has 1 heterocycles. The first kappa shape index (κ1) is 8.05. The number of carbonyl (C=O) groups excluding carboxylic acids is 1. The molecule has 0 aromatic rings. The van der Waals surface area contributed by atoms with E-state index in [1.54, 1.807) is 6.08 Å². The lowest BCUT2D eigenvalue weighted by Crippen LogP contribution is -2.39. The van der Waals surface area contributed by atoms with Crippen LogP contribution < -0.4 is 5.32 Å². The van der Waals surface area contributed by atoms with Crippen molar-refractivity contribution in [3.63, 3.8) is 0 Å². The first-order valence-electron chi connectivity index (χ1n) is 3.84. The standard InChI is InChI=1S/C9H13NO/c1-3-7(2)8-5-4-6-9(11)10-8/h3,8H,1-2,4-6H2,(H,10,11). The van der Waals surface area contributed by atoms with E-state index in [9.17, 15) is 4.79 Å². The summed E-state index contributed by atoms with van der Waals surface area (Å²) in [4.78, 5) is 10.9. The fourth-order valence-corrected chi connectivity index (χ4v) is 1.23. The molecule has 2 heteroatoms. The van der Waals surface area contributed by atoms with Gasteiger partial charge in [0, 0.05) is 6.42 Å². The summed E-state index contributed by atoms with van der Waals surface area (Å²) < 4.78 is 0. The van der Waals surface area contributed by atoms with E-state index in [2.05, 4.69) is 18.5 Å². The number of hydrogen-bond donors (Lipinski definition) is 1. The summed E-state index contributed by atoms with van der Waals surface area (Å²) in [5, 5.41) is 2.86. The molecule has 1 aliphatic rings. The van der Waals surface area contributed by atoms with E-state index in [1.807, 2.05) is 0 Å². The van der Waals surface area contributed by atoms with Crippen molar-refractivity contribution in [2.75, 3.05) is 0 Å². The van der Waals surface area contributed by atoms with Crippen molar-refractivity contribution in [1.82, 2.24) is 5.32 Å². The predicted molar refractivity (Wildman–Crippen MR) is 45.1 cm³/mol. The zero-order valence-electron chi connectivity index (χ0n) is 6.60. The summed E-state index contributed by atoms with van der Waals surface area (Å²) in [6.07, 6.45) is 4.32. The number of carbonyl (C=O) groups is 1. The lowest BCUT2D eigenvalue weighted by Gasteiger charge is -2.23. The third-order valence-electron chi connectivity index (χ3n) is 1.94. The molecule has 11 heavy (non-hydrogen) atoms. The molecule has 1 rings (SSSR count). The first-order valence-corrected chi connectivity index (χ1v) is 3.84. The van der Waals surface area contributed by atoms with E-state index in [0.717, 1.165) is 18.4 Å². The van der Waals surface area contributed by atoms with Gasteiger partial charge in [0.1, 0.15) is 0 Å². The van der Waals surface area contributed by atoms with E-state index >= 15 is 0 Å². The van der Waals surface area contributed by atoms with Gasteiger partial charge in [-0.05, 0) is 18.4 Å². The molecular formula is C9H13NO. The van der Waals surface area contributed by atoms with Gasteiger partial charge in [0.25, 0.3) is 0 Å². The van der Waals surface area contributed by atoms with E-state index in [4.69, 9.17) is 0 Å². The Morgan fingerprint density at radius 3 is 3.00 bits per heavy atom. The highest BCUT2D eigenvalue weighted by Gasteiger charge is 2.18. The van der Waals surface area contributed by atoms with Crippen molar-refractivity contribution in [3.05, 3.63) is 24.8 Å². The first-order chi connectivity index (χ1) is 5.24. The van der Waals surface area contributed by atoms with Gasteiger partial charge in [0.15, 0.2) is 0 Å². The van der Waals surface area contributed by atoms with Crippen LogP contribution in [0.4, 0.5) is 0 Å². The van der Waals surface area contributed by atoms with Crippen LogP contribution >= 0.6 is 0 Å². The molecule has 0 aliphatic carbocycles. The van der Waals surface area contributed by atoms with Gasteiger partial charge < -0.3 is 5.32 Å². The van der Waals surface area contributed by atoms with Crippen LogP contribution in [0, 0.1) is 0 Å². The number of nitrogens with one attached hydrogen (secondary N) is 1. The van der Waals surface area contributed by atoms with Crippen molar-refractivity contribution in [1.29, 1.82) is 0 Å². The highest BCUT2D eigenvalue weighted by Crippen LogP contribution is 2.14. The minimum atomic E-state index is 0.129. The maximum absolute atomic E-state index is 10.9. The van der Waals surface area contributed by atoms with Gasteiger partial charge in [-0.1, -0.05) is 19.2 Å². The molecule has 1 fully saturated rings. The Kier molecular flexibility index (Phi) is 2.47. The summed E-state index contributed by atoms with van der Waals surface area (Å²) in [5.41, 5.74) is 0.915. The molecule has 1 N–H and O–H groups in total. The minimum absolute atomic E-state index is 0.129. The Labute approximate surface area is 67.0 Å². The monoisotopic (exact) mass is 151 g/mol. The van der Waals surface area contributed by atoms with E-state index in [1.165, 1.54) is 0 Å². The van der Waals surface area contributed by atoms with Crippen molar-refractivity contribution in [3.8, 4) is 0 Å². The third-order valence-corrected chi connectivity index (χ3v) is 1.94. The molecule has 0 radical (unpaired) electrons. The average Bonchev–Trinajstić information content (AvgIpc) is 2.03. The summed E-state index contributed by atoms with van der Waals surface area (Å²) in [6, 6.07) is 0.133. The molecule has 0 saturated carbocycles. The van der Waals surface area contributed by atoms with Crippen LogP contribution in [0.25, 0.3) is 0 Å². The van der Waals surface area contributed by atoms with Crippen molar-refractivity contribution >= 4 is 5.91 Å². The van der Waals surface area contributed by atoms with E-state index in [0.29, 0.717) is 6.42 Å². The van der Waals surface area contributed by atoms with Crippen molar-refractivity contribution in [2.24, 2.45) is 0 Å². The molecule has 1 atom stereocenters. The molecule has 0 spiro atoms. The predicted octanol–water partition coefficient (Wildman–Crippen LogP) is 1.40. The zero-order chi connectivity index (χ0) is 8.27. The van der Waals surface area contributed by atoms with Crippen LogP contribution in [0.15, 0.2) is 24.8 Å². The van der Waals surface area contributed by atoms with Gasteiger partial charge in [0.2, 0.25) is 5.91 Å². The van der Waals surface area contributed by atoms with Crippen LogP contribution in [-0.4, -0.2) is 11.9 Å². The molecule has 0 aromatic carbocycles. The van der Waals surface area contributed by atoms with Gasteiger partial charge in [0.05, 0.1) is 6.04 Å². The SMILES string of the molecule is C=CC(=C)C1CCCC(=O)N1. The van der Waals surface area contributed by atoms with Crippen LogP contribution in [0.1, 0.15) is 19.3 Å². The molecule has 60 valence electrons. The quantitative estimate of drug-likeness (QED) is 0.594. The Morgan fingerprint density at radius 1 is 1.73 bits per heavy atom. The van der Waals surface area contributed by atoms with Crippen LogP contribution in [0.3, 0.4) is 0 Å². The molecule has 1 amide bonds. The van der Waals surface area contributed by atoms with Gasteiger partial charge in [-0.25, -0.2) is 0 Å². The summed E-state index contributed by atoms with van der Waals surface area (Å²) in [6.45, 7) is 7.41. The van der Waals surface area contributed by atoms with Crippen molar-refractivity contribution in [2.45, 2.75) is 25.3 Å². The molecule has 1 unspecified atom stereocenters. The Morgan fingerprint density at radius 2 is 2.45 bits per heavy atom. The molecule has 2 nitrogen and oxygen atoms in total. The molecule has 0 bridgehead atoms. The Balaban J connectivity index is 2.52. The van der Waals surface area contributed by atoms with Crippen LogP contribution in [0.2, 0.25) is 0 Å². The van der Waals surface area contributed by atoms with Gasteiger partial charge in [-0.2, -0.15) is 0 Å². The fourth-order valence-electron chi connectivity index (χ4n) is 1.23. The Hall–Kier alpha value is -1.05. The molecule has 1 saturated heterocycles. The summed E-state index contributed by atoms with van der Waals surface area (Å²) in [7, 11) is 0. The highest BCUT2D eigenvalue weighted by atomic mass is 16.1. The third kappa shape index (κ3) is 1.93. The smallest absolute Gasteiger partial charge is 0.220 e. The zero-order valence-corrected chi connectivity index (χ0v) is 6.60. The maximum atomic E-state index is 10.9. The lowest BCUT2D eigenvalue weighted by molar-refractivity contribution is -0.122. The van der Waals surface area contributed by atoms with Gasteiger partial charge >= 0.3 is 0 Å². The van der Waals surface area contributed by atoms with Crippen LogP contribution in [-0.2, 0) is 4.79 Å². The summed E-state index contributed by atoms with van der Waals surface area (Å²) >= 11 is 0. The van der Waals surface area contributed by atoms with E-state index in [-0.39, 0.29) is 11.9 Å². The van der Waals surface area contributed by atoms with Gasteiger partial charge in [-0.15, -0.1) is 0 Å². The second kappa shape index (κ2) is 3.37. The largest absolute Gasteiger partial charge is 0.349 e. The second-order valence-electron chi connectivity index (χ2n) is 2.79. The number of amides is 1. The lowest BCUT2D eigenvalue weighted by atomic mass is 9.98. The Bertz CT molecular complexity index is 196. The minimum Gasteiger partial charge on any atom is -0.349 e. The van der Waals surface area contributed by atoms with E-state index < -0.39 is 0 Å². The van der Waals surface area contributed by atoms with Gasteiger partial charge in [-0.3, -0.25) is 4.79 Å².